The highest BCUT2D eigenvalue weighted by molar-refractivity contribution is 8.00. The minimum atomic E-state index is -0.611. The number of thioether (sulfide) groups is 1. The first-order valence-electron chi connectivity index (χ1n) is 7.51. The molecular formula is C16H18N4O3S. The maximum atomic E-state index is 12.4. The van der Waals surface area contributed by atoms with Gasteiger partial charge >= 0.3 is 0 Å². The monoisotopic (exact) mass is 346 g/mol. The second-order valence-electron chi connectivity index (χ2n) is 5.72. The van der Waals surface area contributed by atoms with E-state index < -0.39 is 11.9 Å². The highest BCUT2D eigenvalue weighted by Gasteiger charge is 2.53. The molecule has 4 N–H and O–H groups in total. The van der Waals surface area contributed by atoms with Crippen LogP contribution >= 0.6 is 11.8 Å². The van der Waals surface area contributed by atoms with E-state index in [9.17, 15) is 14.4 Å². The maximum Gasteiger partial charge on any atom is 0.281 e. The van der Waals surface area contributed by atoms with Crippen molar-refractivity contribution in [1.29, 1.82) is 0 Å². The molecule has 3 rings (SSSR count). The molecule has 0 unspecified atom stereocenters. The number of hydrogen-bond donors (Lipinski definition) is 3. The molecule has 126 valence electrons. The van der Waals surface area contributed by atoms with E-state index in [1.165, 1.54) is 16.7 Å². The van der Waals surface area contributed by atoms with Crippen LogP contribution in [-0.2, 0) is 20.8 Å². The van der Waals surface area contributed by atoms with Crippen LogP contribution in [0.2, 0.25) is 0 Å². The molecule has 2 heterocycles. The van der Waals surface area contributed by atoms with Gasteiger partial charge in [-0.05, 0) is 18.1 Å². The zero-order valence-electron chi connectivity index (χ0n) is 13.1. The van der Waals surface area contributed by atoms with Crippen LogP contribution in [0.4, 0.5) is 0 Å². The zero-order chi connectivity index (χ0) is 17.3. The largest absolute Gasteiger partial charge is 0.341 e. The number of carbonyl (C=O) groups is 3. The molecule has 3 amide bonds. The minimum absolute atomic E-state index is 0.212. The van der Waals surface area contributed by atoms with Crippen molar-refractivity contribution in [3.05, 3.63) is 47.2 Å². The first kappa shape index (κ1) is 16.5. The van der Waals surface area contributed by atoms with Crippen molar-refractivity contribution in [3.8, 4) is 0 Å². The Hall–Kier alpha value is -2.32. The summed E-state index contributed by atoms with van der Waals surface area (Å²) in [7, 11) is 0. The van der Waals surface area contributed by atoms with Gasteiger partial charge in [-0.2, -0.15) is 0 Å². The lowest BCUT2D eigenvalue weighted by molar-refractivity contribution is -0.147. The highest BCUT2D eigenvalue weighted by atomic mass is 32.2. The van der Waals surface area contributed by atoms with Crippen molar-refractivity contribution in [2.24, 2.45) is 5.84 Å². The lowest BCUT2D eigenvalue weighted by atomic mass is 10.0. The molecule has 0 aliphatic carbocycles. The van der Waals surface area contributed by atoms with Crippen molar-refractivity contribution in [3.63, 3.8) is 0 Å². The molecule has 2 atom stereocenters. The number of hydrazine groups is 1. The summed E-state index contributed by atoms with van der Waals surface area (Å²) >= 11 is 1.52. The van der Waals surface area contributed by atoms with Gasteiger partial charge in [0.2, 0.25) is 5.91 Å². The molecule has 24 heavy (non-hydrogen) atoms. The van der Waals surface area contributed by atoms with Crippen LogP contribution in [0.1, 0.15) is 12.5 Å². The number of benzene rings is 1. The van der Waals surface area contributed by atoms with E-state index in [-0.39, 0.29) is 23.6 Å². The van der Waals surface area contributed by atoms with Crippen LogP contribution in [0.25, 0.3) is 0 Å². The third kappa shape index (κ3) is 2.90. The summed E-state index contributed by atoms with van der Waals surface area (Å²) in [6.45, 7) is 1.79. The Morgan fingerprint density at radius 3 is 2.71 bits per heavy atom. The summed E-state index contributed by atoms with van der Waals surface area (Å²) in [5, 5.41) is 2.50. The predicted molar refractivity (Wildman–Crippen MR) is 90.2 cm³/mol. The fourth-order valence-electron chi connectivity index (χ4n) is 2.87. The Bertz CT molecular complexity index is 719. The summed E-state index contributed by atoms with van der Waals surface area (Å²) in [5.74, 6) is 4.83. The summed E-state index contributed by atoms with van der Waals surface area (Å²) in [6.07, 6.45) is 0.215. The summed E-state index contributed by atoms with van der Waals surface area (Å²) in [6, 6.07) is 8.72. The summed E-state index contributed by atoms with van der Waals surface area (Å²) in [5.41, 5.74) is 4.04. The van der Waals surface area contributed by atoms with Gasteiger partial charge in [0, 0.05) is 5.75 Å². The average molecular weight is 346 g/mol. The number of β-lactam (4-membered cyclic amide) rings is 1. The fourth-order valence-corrected chi connectivity index (χ4v) is 4.16. The second kappa shape index (κ2) is 6.66. The van der Waals surface area contributed by atoms with Crippen molar-refractivity contribution >= 4 is 29.5 Å². The van der Waals surface area contributed by atoms with Crippen molar-refractivity contribution in [1.82, 2.24) is 15.6 Å². The molecule has 1 aromatic carbocycles. The number of nitrogens with zero attached hydrogens (tertiary/aromatic N) is 1. The van der Waals surface area contributed by atoms with Gasteiger partial charge in [0.25, 0.3) is 11.8 Å². The number of amides is 3. The molecule has 0 radical (unpaired) electrons. The van der Waals surface area contributed by atoms with Gasteiger partial charge in [-0.15, -0.1) is 11.8 Å². The van der Waals surface area contributed by atoms with Gasteiger partial charge in [-0.1, -0.05) is 30.3 Å². The third-order valence-electron chi connectivity index (χ3n) is 4.03. The van der Waals surface area contributed by atoms with Gasteiger partial charge in [-0.3, -0.25) is 24.7 Å². The molecule has 1 saturated heterocycles. The Labute approximate surface area is 143 Å². The Balaban J connectivity index is 1.67. The van der Waals surface area contributed by atoms with E-state index >= 15 is 0 Å². The van der Waals surface area contributed by atoms with Crippen LogP contribution in [-0.4, -0.2) is 39.8 Å². The van der Waals surface area contributed by atoms with Crippen LogP contribution < -0.4 is 16.6 Å². The number of rotatable bonds is 4. The van der Waals surface area contributed by atoms with Gasteiger partial charge in [0.15, 0.2) is 0 Å². The van der Waals surface area contributed by atoms with Gasteiger partial charge in [-0.25, -0.2) is 5.84 Å². The molecule has 0 saturated carbocycles. The summed E-state index contributed by atoms with van der Waals surface area (Å²) in [4.78, 5) is 37.9. The van der Waals surface area contributed by atoms with E-state index in [0.29, 0.717) is 11.4 Å². The SMILES string of the molecule is CC1=C(C(=O)NN)N2C(=O)[C@@H](NC(=O)Cc3ccccc3)[C@H]2SC1. The van der Waals surface area contributed by atoms with Crippen molar-refractivity contribution < 1.29 is 14.4 Å². The van der Waals surface area contributed by atoms with E-state index in [2.05, 4.69) is 10.7 Å². The molecule has 2 aliphatic rings. The van der Waals surface area contributed by atoms with Crippen molar-refractivity contribution in [2.45, 2.75) is 24.8 Å². The van der Waals surface area contributed by atoms with E-state index in [4.69, 9.17) is 5.84 Å². The number of hydrogen-bond acceptors (Lipinski definition) is 5. The molecule has 7 nitrogen and oxygen atoms in total. The molecule has 0 aromatic heterocycles. The quantitative estimate of drug-likeness (QED) is 0.305. The van der Waals surface area contributed by atoms with E-state index in [0.717, 1.165) is 11.1 Å². The standard InChI is InChI=1S/C16H18N4O3S/c1-9-8-24-16-12(15(23)20(16)13(9)14(22)19-17)18-11(21)7-10-5-3-2-4-6-10/h2-6,12,16H,7-8,17H2,1H3,(H,18,21)(H,19,22)/t12-,16-/m1/s1. The number of fused-ring (bicyclic) bond motifs is 1. The molecule has 1 aromatic rings. The number of nitrogens with one attached hydrogen (secondary N) is 2. The molecule has 2 aliphatic heterocycles. The first-order valence-corrected chi connectivity index (χ1v) is 8.56. The Morgan fingerprint density at radius 1 is 1.33 bits per heavy atom. The molecule has 1 fully saturated rings. The first-order chi connectivity index (χ1) is 11.5. The Morgan fingerprint density at radius 2 is 2.04 bits per heavy atom. The van der Waals surface area contributed by atoms with Gasteiger partial charge in [0.1, 0.15) is 17.1 Å². The smallest absolute Gasteiger partial charge is 0.281 e. The molecule has 0 bridgehead atoms. The maximum absolute atomic E-state index is 12.4. The van der Waals surface area contributed by atoms with Crippen LogP contribution in [0, 0.1) is 0 Å². The van der Waals surface area contributed by atoms with E-state index in [1.54, 1.807) is 6.92 Å². The van der Waals surface area contributed by atoms with Crippen LogP contribution in [0.15, 0.2) is 41.6 Å². The Kier molecular flexibility index (Phi) is 4.59. The van der Waals surface area contributed by atoms with Crippen molar-refractivity contribution in [2.75, 3.05) is 5.75 Å². The highest BCUT2D eigenvalue weighted by Crippen LogP contribution is 2.40. The number of carbonyl (C=O) groups excluding carboxylic acids is 3. The summed E-state index contributed by atoms with van der Waals surface area (Å²) < 4.78 is 0. The fraction of sp³-hybridized carbons (Fsp3) is 0.312. The third-order valence-corrected chi connectivity index (χ3v) is 5.45. The zero-order valence-corrected chi connectivity index (χ0v) is 13.9. The molecular weight excluding hydrogens is 328 g/mol. The predicted octanol–water partition coefficient (Wildman–Crippen LogP) is -0.107. The topological polar surface area (TPSA) is 105 Å². The van der Waals surface area contributed by atoms with Gasteiger partial charge in [0.05, 0.1) is 6.42 Å². The van der Waals surface area contributed by atoms with Crippen LogP contribution in [0.3, 0.4) is 0 Å². The van der Waals surface area contributed by atoms with Crippen LogP contribution in [0.5, 0.6) is 0 Å². The molecule has 8 heteroatoms. The molecule has 0 spiro atoms. The van der Waals surface area contributed by atoms with Gasteiger partial charge < -0.3 is 5.32 Å². The normalized spacial score (nSPS) is 22.6. The van der Waals surface area contributed by atoms with E-state index in [1.807, 2.05) is 30.3 Å². The lowest BCUT2D eigenvalue weighted by Gasteiger charge is -2.49. The lowest BCUT2D eigenvalue weighted by Crippen LogP contribution is -2.71. The number of nitrogens with two attached hydrogens (primary N) is 1. The second-order valence-corrected chi connectivity index (χ2v) is 6.82. The average Bonchev–Trinajstić information content (AvgIpc) is 2.59. The minimum Gasteiger partial charge on any atom is -0.341 e.